The van der Waals surface area contributed by atoms with Crippen LogP contribution >= 0.6 is 34.7 Å². The highest BCUT2D eigenvalue weighted by atomic mass is 35.5. The highest BCUT2D eigenvalue weighted by molar-refractivity contribution is 8.00. The number of thioether (sulfide) groups is 1. The third-order valence-electron chi connectivity index (χ3n) is 3.42. The standard InChI is InChI=1S/C17H14ClN3O3S3/c1-27(23,24)14-9-12(7-8-13(14)18)15(22)19-16-20-21-17(26-16)25-10-11-5-3-2-4-6-11/h2-9H,10H2,1H3,(H,19,20,22). The molecule has 0 fully saturated rings. The Bertz CT molecular complexity index is 1070. The van der Waals surface area contributed by atoms with E-state index < -0.39 is 15.7 Å². The van der Waals surface area contributed by atoms with E-state index in [0.717, 1.165) is 21.9 Å². The van der Waals surface area contributed by atoms with Crippen molar-refractivity contribution in [2.45, 2.75) is 15.0 Å². The third-order valence-corrected chi connectivity index (χ3v) is 7.05. The Morgan fingerprint density at radius 3 is 2.63 bits per heavy atom. The molecule has 0 bridgehead atoms. The largest absolute Gasteiger partial charge is 0.296 e. The zero-order valence-electron chi connectivity index (χ0n) is 14.0. The zero-order chi connectivity index (χ0) is 19.4. The van der Waals surface area contributed by atoms with Gasteiger partial charge >= 0.3 is 0 Å². The molecular formula is C17H14ClN3O3S3. The number of halogens is 1. The predicted molar refractivity (Wildman–Crippen MR) is 108 cm³/mol. The summed E-state index contributed by atoms with van der Waals surface area (Å²) in [7, 11) is -3.53. The first-order valence-electron chi connectivity index (χ1n) is 7.64. The van der Waals surface area contributed by atoms with Crippen molar-refractivity contribution in [3.8, 4) is 0 Å². The first-order chi connectivity index (χ1) is 12.8. The Labute approximate surface area is 169 Å². The molecule has 1 amide bonds. The molecular weight excluding hydrogens is 426 g/mol. The van der Waals surface area contributed by atoms with Gasteiger partial charge in [0, 0.05) is 17.6 Å². The maximum absolute atomic E-state index is 12.4. The SMILES string of the molecule is CS(=O)(=O)c1cc(C(=O)Nc2nnc(SCc3ccccc3)s2)ccc1Cl. The van der Waals surface area contributed by atoms with Gasteiger partial charge in [-0.2, -0.15) is 0 Å². The third kappa shape index (κ3) is 5.29. The van der Waals surface area contributed by atoms with Crippen LogP contribution in [-0.4, -0.2) is 30.8 Å². The van der Waals surface area contributed by atoms with E-state index in [1.165, 1.54) is 41.3 Å². The molecule has 0 saturated carbocycles. The molecule has 140 valence electrons. The van der Waals surface area contributed by atoms with E-state index in [-0.39, 0.29) is 15.5 Å². The first kappa shape index (κ1) is 19.8. The van der Waals surface area contributed by atoms with Crippen molar-refractivity contribution in [2.75, 3.05) is 11.6 Å². The molecule has 0 atom stereocenters. The van der Waals surface area contributed by atoms with Crippen molar-refractivity contribution in [3.05, 3.63) is 64.7 Å². The van der Waals surface area contributed by atoms with Crippen molar-refractivity contribution in [1.29, 1.82) is 0 Å². The lowest BCUT2D eigenvalue weighted by molar-refractivity contribution is 0.102. The lowest BCUT2D eigenvalue weighted by Crippen LogP contribution is -2.12. The molecule has 0 aliphatic heterocycles. The number of hydrogen-bond donors (Lipinski definition) is 1. The lowest BCUT2D eigenvalue weighted by Gasteiger charge is -2.05. The number of anilines is 1. The second kappa shape index (κ2) is 8.39. The van der Waals surface area contributed by atoms with Crippen LogP contribution in [0.15, 0.2) is 57.8 Å². The van der Waals surface area contributed by atoms with Crippen LogP contribution in [0.5, 0.6) is 0 Å². The van der Waals surface area contributed by atoms with Crippen LogP contribution in [0.25, 0.3) is 0 Å². The molecule has 0 unspecified atom stereocenters. The molecule has 1 heterocycles. The van der Waals surface area contributed by atoms with Crippen LogP contribution < -0.4 is 5.32 Å². The van der Waals surface area contributed by atoms with Crippen LogP contribution in [-0.2, 0) is 15.6 Å². The van der Waals surface area contributed by atoms with Gasteiger partial charge in [0.25, 0.3) is 5.91 Å². The van der Waals surface area contributed by atoms with Crippen molar-refractivity contribution >= 4 is 55.6 Å². The van der Waals surface area contributed by atoms with E-state index in [9.17, 15) is 13.2 Å². The van der Waals surface area contributed by atoms with Gasteiger partial charge in [0.05, 0.1) is 9.92 Å². The van der Waals surface area contributed by atoms with Crippen LogP contribution in [0.2, 0.25) is 5.02 Å². The van der Waals surface area contributed by atoms with Gasteiger partial charge in [0.1, 0.15) is 0 Å². The predicted octanol–water partition coefficient (Wildman–Crippen LogP) is 4.14. The maximum atomic E-state index is 12.4. The van der Waals surface area contributed by atoms with Crippen LogP contribution in [0.4, 0.5) is 5.13 Å². The number of carbonyl (C=O) groups is 1. The van der Waals surface area contributed by atoms with E-state index in [2.05, 4.69) is 15.5 Å². The first-order valence-corrected chi connectivity index (χ1v) is 11.7. The lowest BCUT2D eigenvalue weighted by atomic mass is 10.2. The molecule has 0 radical (unpaired) electrons. The Hall–Kier alpha value is -1.94. The number of carbonyl (C=O) groups excluding carboxylic acids is 1. The molecule has 6 nitrogen and oxygen atoms in total. The van der Waals surface area contributed by atoms with Crippen LogP contribution in [0.3, 0.4) is 0 Å². The minimum Gasteiger partial charge on any atom is -0.296 e. The summed E-state index contributed by atoms with van der Waals surface area (Å²) < 4.78 is 24.2. The summed E-state index contributed by atoms with van der Waals surface area (Å²) in [6.45, 7) is 0. The van der Waals surface area contributed by atoms with Gasteiger partial charge in [0.15, 0.2) is 14.2 Å². The fourth-order valence-corrected chi connectivity index (χ4v) is 5.14. The number of sulfone groups is 1. The average molecular weight is 440 g/mol. The van der Waals surface area contributed by atoms with Crippen LogP contribution in [0.1, 0.15) is 15.9 Å². The van der Waals surface area contributed by atoms with Gasteiger partial charge in [-0.25, -0.2) is 8.42 Å². The number of amides is 1. The fraction of sp³-hybridized carbons (Fsp3) is 0.118. The molecule has 0 saturated heterocycles. The summed E-state index contributed by atoms with van der Waals surface area (Å²) in [4.78, 5) is 12.3. The molecule has 3 aromatic rings. The number of nitrogens with one attached hydrogen (secondary N) is 1. The zero-order valence-corrected chi connectivity index (χ0v) is 17.3. The minimum absolute atomic E-state index is 0.0737. The summed E-state index contributed by atoms with van der Waals surface area (Å²) >= 11 is 8.67. The maximum Gasteiger partial charge on any atom is 0.257 e. The summed E-state index contributed by atoms with van der Waals surface area (Å²) in [6.07, 6.45) is 1.04. The molecule has 1 aromatic heterocycles. The molecule has 0 spiro atoms. The highest BCUT2D eigenvalue weighted by Gasteiger charge is 2.17. The number of aromatic nitrogens is 2. The smallest absolute Gasteiger partial charge is 0.257 e. The second-order valence-electron chi connectivity index (χ2n) is 5.52. The van der Waals surface area contributed by atoms with Gasteiger partial charge in [-0.15, -0.1) is 10.2 Å². The molecule has 1 N–H and O–H groups in total. The topological polar surface area (TPSA) is 89.0 Å². The van der Waals surface area contributed by atoms with Gasteiger partial charge in [-0.05, 0) is 23.8 Å². The van der Waals surface area contributed by atoms with E-state index in [4.69, 9.17) is 11.6 Å². The number of hydrogen-bond acceptors (Lipinski definition) is 7. The summed E-state index contributed by atoms with van der Waals surface area (Å²) in [6, 6.07) is 14.0. The van der Waals surface area contributed by atoms with Gasteiger partial charge in [0.2, 0.25) is 5.13 Å². The monoisotopic (exact) mass is 439 g/mol. The molecule has 2 aromatic carbocycles. The minimum atomic E-state index is -3.53. The number of rotatable bonds is 6. The Morgan fingerprint density at radius 1 is 1.19 bits per heavy atom. The van der Waals surface area contributed by atoms with Crippen LogP contribution in [0, 0.1) is 0 Å². The van der Waals surface area contributed by atoms with Gasteiger partial charge in [-0.3, -0.25) is 10.1 Å². The molecule has 0 aliphatic carbocycles. The van der Waals surface area contributed by atoms with E-state index in [0.29, 0.717) is 5.13 Å². The average Bonchev–Trinajstić information content (AvgIpc) is 3.07. The van der Waals surface area contributed by atoms with Gasteiger partial charge in [-0.1, -0.05) is 65.0 Å². The van der Waals surface area contributed by atoms with E-state index in [1.54, 1.807) is 0 Å². The quantitative estimate of drug-likeness (QED) is 0.458. The molecule has 3 rings (SSSR count). The van der Waals surface area contributed by atoms with Crippen molar-refractivity contribution in [2.24, 2.45) is 0 Å². The van der Waals surface area contributed by atoms with Gasteiger partial charge < -0.3 is 0 Å². The van der Waals surface area contributed by atoms with E-state index >= 15 is 0 Å². The normalized spacial score (nSPS) is 11.3. The molecule has 0 aliphatic rings. The molecule has 27 heavy (non-hydrogen) atoms. The Morgan fingerprint density at radius 2 is 1.93 bits per heavy atom. The summed E-state index contributed by atoms with van der Waals surface area (Å²) in [5, 5.41) is 11.0. The Kier molecular flexibility index (Phi) is 6.15. The number of benzene rings is 2. The summed E-state index contributed by atoms with van der Waals surface area (Å²) in [5.74, 6) is 0.269. The van der Waals surface area contributed by atoms with E-state index in [1.807, 2.05) is 30.3 Å². The van der Waals surface area contributed by atoms with Crippen molar-refractivity contribution in [1.82, 2.24) is 10.2 Å². The second-order valence-corrected chi connectivity index (χ2v) is 10.1. The fourth-order valence-electron chi connectivity index (χ4n) is 2.14. The molecule has 10 heteroatoms. The highest BCUT2D eigenvalue weighted by Crippen LogP contribution is 2.29. The summed E-state index contributed by atoms with van der Waals surface area (Å²) in [5.41, 5.74) is 1.34. The number of nitrogens with zero attached hydrogens (tertiary/aromatic N) is 2. The van der Waals surface area contributed by atoms with Crippen molar-refractivity contribution < 1.29 is 13.2 Å². The Balaban J connectivity index is 1.67. The van der Waals surface area contributed by atoms with Crippen molar-refractivity contribution in [3.63, 3.8) is 0 Å².